The van der Waals surface area contributed by atoms with E-state index in [2.05, 4.69) is 0 Å². The minimum absolute atomic E-state index is 0.0880. The predicted octanol–water partition coefficient (Wildman–Crippen LogP) is 1.39. The number of hydrogen-bond donors (Lipinski definition) is 0. The second-order valence-electron chi connectivity index (χ2n) is 3.62. The van der Waals surface area contributed by atoms with Crippen molar-refractivity contribution in [2.45, 2.75) is 6.92 Å². The van der Waals surface area contributed by atoms with Crippen molar-refractivity contribution in [1.29, 1.82) is 0 Å². The molecular formula is C13H18O5S. The summed E-state index contributed by atoms with van der Waals surface area (Å²) < 4.78 is 26.8. The number of ether oxygens (including phenoxy) is 3. The van der Waals surface area contributed by atoms with Crippen molar-refractivity contribution < 1.29 is 23.2 Å². The molecule has 0 amide bonds. The first-order chi connectivity index (χ1) is 9.15. The summed E-state index contributed by atoms with van der Waals surface area (Å²) in [6.45, 7) is 2.29. The Morgan fingerprint density at radius 2 is 2.05 bits per heavy atom. The Hall–Kier alpha value is -1.56. The van der Waals surface area contributed by atoms with Crippen LogP contribution in [0.2, 0.25) is 0 Å². The molecule has 6 heteroatoms. The van der Waals surface area contributed by atoms with E-state index in [0.29, 0.717) is 18.1 Å². The van der Waals surface area contributed by atoms with Crippen LogP contribution >= 0.6 is 0 Å². The van der Waals surface area contributed by atoms with E-state index >= 15 is 0 Å². The van der Waals surface area contributed by atoms with E-state index in [1.807, 2.05) is 12.1 Å². The van der Waals surface area contributed by atoms with Crippen LogP contribution in [0.5, 0.6) is 11.5 Å². The summed E-state index contributed by atoms with van der Waals surface area (Å²) in [5.74, 6) is 1.10. The predicted molar refractivity (Wildman–Crippen MR) is 73.0 cm³/mol. The molecule has 1 unspecified atom stereocenters. The zero-order chi connectivity index (χ0) is 14.1. The maximum Gasteiger partial charge on any atom is 0.318 e. The second kappa shape index (κ2) is 8.53. The molecule has 1 rings (SSSR count). The Bertz CT molecular complexity index is 433. The fourth-order valence-corrected chi connectivity index (χ4v) is 2.11. The molecule has 1 aromatic rings. The number of methoxy groups -OCH3 is 1. The maximum atomic E-state index is 11.5. The molecule has 0 N–H and O–H groups in total. The van der Waals surface area contributed by atoms with Gasteiger partial charge in [-0.25, -0.2) is 0 Å². The summed E-state index contributed by atoms with van der Waals surface area (Å²) >= 11 is 0. The second-order valence-corrected chi connectivity index (χ2v) is 5.20. The summed E-state index contributed by atoms with van der Waals surface area (Å²) in [6, 6.07) is 7.15. The topological polar surface area (TPSA) is 61.8 Å². The third kappa shape index (κ3) is 6.24. The van der Waals surface area contributed by atoms with Crippen molar-refractivity contribution in [3.05, 3.63) is 24.3 Å². The molecule has 0 aromatic heterocycles. The highest BCUT2D eigenvalue weighted by atomic mass is 32.2. The SMILES string of the molecule is CCOC(=O)CS(=O)CCOc1cccc(OC)c1. The van der Waals surface area contributed by atoms with Crippen LogP contribution in [-0.4, -0.2) is 42.0 Å². The van der Waals surface area contributed by atoms with E-state index in [4.69, 9.17) is 14.2 Å². The molecule has 19 heavy (non-hydrogen) atoms. The highest BCUT2D eigenvalue weighted by Gasteiger charge is 2.08. The van der Waals surface area contributed by atoms with Crippen LogP contribution in [0.1, 0.15) is 6.92 Å². The summed E-state index contributed by atoms with van der Waals surface area (Å²) in [5, 5.41) is 0. The monoisotopic (exact) mass is 286 g/mol. The molecule has 0 radical (unpaired) electrons. The number of carbonyl (C=O) groups is 1. The van der Waals surface area contributed by atoms with E-state index < -0.39 is 16.8 Å². The van der Waals surface area contributed by atoms with Crippen molar-refractivity contribution in [1.82, 2.24) is 0 Å². The largest absolute Gasteiger partial charge is 0.497 e. The first-order valence-electron chi connectivity index (χ1n) is 5.93. The molecule has 0 saturated carbocycles. The van der Waals surface area contributed by atoms with Crippen LogP contribution in [-0.2, 0) is 20.3 Å². The van der Waals surface area contributed by atoms with Gasteiger partial charge in [0.15, 0.2) is 0 Å². The van der Waals surface area contributed by atoms with Gasteiger partial charge in [-0.2, -0.15) is 0 Å². The fourth-order valence-electron chi connectivity index (χ4n) is 1.35. The number of rotatable bonds is 8. The fraction of sp³-hybridized carbons (Fsp3) is 0.462. The zero-order valence-electron chi connectivity index (χ0n) is 11.1. The lowest BCUT2D eigenvalue weighted by Crippen LogP contribution is -2.18. The van der Waals surface area contributed by atoms with Crippen LogP contribution in [0.15, 0.2) is 24.3 Å². The van der Waals surface area contributed by atoms with Gasteiger partial charge in [0.2, 0.25) is 0 Å². The summed E-state index contributed by atoms with van der Waals surface area (Å²) in [7, 11) is 0.314. The lowest BCUT2D eigenvalue weighted by Gasteiger charge is -2.07. The van der Waals surface area contributed by atoms with Gasteiger partial charge in [-0.1, -0.05) is 6.07 Å². The lowest BCUT2D eigenvalue weighted by molar-refractivity contribution is -0.139. The van der Waals surface area contributed by atoms with E-state index in [-0.39, 0.29) is 18.1 Å². The normalized spacial score (nSPS) is 11.7. The Morgan fingerprint density at radius 1 is 1.32 bits per heavy atom. The molecule has 106 valence electrons. The molecule has 0 aliphatic carbocycles. The summed E-state index contributed by atoms with van der Waals surface area (Å²) in [4.78, 5) is 11.1. The van der Waals surface area contributed by atoms with Crippen molar-refractivity contribution in [3.8, 4) is 11.5 Å². The van der Waals surface area contributed by atoms with Crippen LogP contribution in [0.4, 0.5) is 0 Å². The minimum Gasteiger partial charge on any atom is -0.497 e. The number of esters is 1. The first-order valence-corrected chi connectivity index (χ1v) is 7.42. The van der Waals surface area contributed by atoms with Gasteiger partial charge in [0.1, 0.15) is 17.3 Å². The maximum absolute atomic E-state index is 11.5. The minimum atomic E-state index is -1.26. The molecule has 0 aliphatic heterocycles. The number of carbonyl (C=O) groups excluding carboxylic acids is 1. The standard InChI is InChI=1S/C13H18O5S/c1-3-17-13(14)10-19(15)8-7-18-12-6-4-5-11(9-12)16-2/h4-6,9H,3,7-8,10H2,1-2H3. The van der Waals surface area contributed by atoms with E-state index in [1.54, 1.807) is 26.2 Å². The quantitative estimate of drug-likeness (QED) is 0.676. The Labute approximate surface area is 115 Å². The number of benzene rings is 1. The highest BCUT2D eigenvalue weighted by molar-refractivity contribution is 7.85. The van der Waals surface area contributed by atoms with Crippen molar-refractivity contribution in [2.24, 2.45) is 0 Å². The van der Waals surface area contributed by atoms with E-state index in [1.165, 1.54) is 0 Å². The lowest BCUT2D eigenvalue weighted by atomic mass is 10.3. The van der Waals surface area contributed by atoms with Gasteiger partial charge < -0.3 is 14.2 Å². The van der Waals surface area contributed by atoms with Crippen LogP contribution in [0, 0.1) is 0 Å². The third-order valence-electron chi connectivity index (χ3n) is 2.21. The number of hydrogen-bond acceptors (Lipinski definition) is 5. The Balaban J connectivity index is 2.29. The van der Waals surface area contributed by atoms with Crippen LogP contribution < -0.4 is 9.47 Å². The molecule has 0 aliphatic rings. The molecule has 0 heterocycles. The van der Waals surface area contributed by atoms with Gasteiger partial charge in [-0.3, -0.25) is 9.00 Å². The van der Waals surface area contributed by atoms with Crippen molar-refractivity contribution >= 4 is 16.8 Å². The van der Waals surface area contributed by atoms with Gasteiger partial charge in [0.25, 0.3) is 0 Å². The molecule has 1 atom stereocenters. The average Bonchev–Trinajstić information content (AvgIpc) is 2.39. The average molecular weight is 286 g/mol. The summed E-state index contributed by atoms with van der Waals surface area (Å²) in [5.41, 5.74) is 0. The van der Waals surface area contributed by atoms with Gasteiger partial charge >= 0.3 is 5.97 Å². The van der Waals surface area contributed by atoms with E-state index in [0.717, 1.165) is 0 Å². The van der Waals surface area contributed by atoms with Crippen molar-refractivity contribution in [2.75, 3.05) is 31.8 Å². The molecule has 5 nitrogen and oxygen atoms in total. The molecule has 1 aromatic carbocycles. The third-order valence-corrected chi connectivity index (χ3v) is 3.38. The van der Waals surface area contributed by atoms with Gasteiger partial charge in [-0.15, -0.1) is 0 Å². The van der Waals surface area contributed by atoms with Crippen molar-refractivity contribution in [3.63, 3.8) is 0 Å². The van der Waals surface area contributed by atoms with Crippen LogP contribution in [0.25, 0.3) is 0 Å². The Morgan fingerprint density at radius 3 is 2.74 bits per heavy atom. The van der Waals surface area contributed by atoms with Crippen LogP contribution in [0.3, 0.4) is 0 Å². The molecular weight excluding hydrogens is 268 g/mol. The Kier molecular flexibility index (Phi) is 6.95. The zero-order valence-corrected chi connectivity index (χ0v) is 11.9. The smallest absolute Gasteiger partial charge is 0.318 e. The first kappa shape index (κ1) is 15.5. The highest BCUT2D eigenvalue weighted by Crippen LogP contribution is 2.18. The molecule has 0 spiro atoms. The summed E-state index contributed by atoms with van der Waals surface area (Å²) in [6.07, 6.45) is 0. The molecule has 0 fully saturated rings. The molecule has 0 bridgehead atoms. The molecule has 0 saturated heterocycles. The van der Waals surface area contributed by atoms with Gasteiger partial charge in [0.05, 0.1) is 26.1 Å². The van der Waals surface area contributed by atoms with Gasteiger partial charge in [0, 0.05) is 16.9 Å². The van der Waals surface area contributed by atoms with Gasteiger partial charge in [-0.05, 0) is 19.1 Å². The van der Waals surface area contributed by atoms with E-state index in [9.17, 15) is 9.00 Å².